The van der Waals surface area contributed by atoms with E-state index in [2.05, 4.69) is 52.3 Å². The van der Waals surface area contributed by atoms with E-state index in [0.29, 0.717) is 0 Å². The van der Waals surface area contributed by atoms with Crippen LogP contribution < -0.4 is 5.32 Å². The quantitative estimate of drug-likeness (QED) is 0.900. The van der Waals surface area contributed by atoms with E-state index in [9.17, 15) is 0 Å². The highest BCUT2D eigenvalue weighted by molar-refractivity contribution is 5.42. The zero-order chi connectivity index (χ0) is 14.7. The summed E-state index contributed by atoms with van der Waals surface area (Å²) in [7, 11) is 0. The molecule has 0 aliphatic heterocycles. The molecule has 0 spiro atoms. The topological polar surface area (TPSA) is 29.9 Å². The van der Waals surface area contributed by atoms with E-state index in [1.54, 1.807) is 0 Å². The first-order valence-electron chi connectivity index (χ1n) is 8.09. The average molecular weight is 283 g/mol. The van der Waals surface area contributed by atoms with Crippen molar-refractivity contribution >= 4 is 5.95 Å². The maximum atomic E-state index is 4.65. The summed E-state index contributed by atoms with van der Waals surface area (Å²) in [6.07, 6.45) is 7.60. The Labute approximate surface area is 127 Å². The SMILES string of the molecule is Cc1cn(-c2ccccc2)c(NCC2CCCCC2C)n1. The van der Waals surface area contributed by atoms with Gasteiger partial charge in [-0.15, -0.1) is 0 Å². The number of rotatable bonds is 4. The summed E-state index contributed by atoms with van der Waals surface area (Å²) in [6, 6.07) is 10.4. The van der Waals surface area contributed by atoms with Crippen molar-refractivity contribution in [1.82, 2.24) is 9.55 Å². The fraction of sp³-hybridized carbons (Fsp3) is 0.500. The molecule has 3 heteroatoms. The molecule has 21 heavy (non-hydrogen) atoms. The Kier molecular flexibility index (Phi) is 4.28. The van der Waals surface area contributed by atoms with E-state index in [-0.39, 0.29) is 0 Å². The number of aromatic nitrogens is 2. The van der Waals surface area contributed by atoms with Gasteiger partial charge in [0.2, 0.25) is 5.95 Å². The molecule has 1 N–H and O–H groups in total. The van der Waals surface area contributed by atoms with Crippen LogP contribution in [0.2, 0.25) is 0 Å². The lowest BCUT2D eigenvalue weighted by atomic mass is 9.80. The van der Waals surface area contributed by atoms with Crippen molar-refractivity contribution in [2.75, 3.05) is 11.9 Å². The molecule has 1 aliphatic rings. The van der Waals surface area contributed by atoms with Crippen LogP contribution in [0.25, 0.3) is 5.69 Å². The van der Waals surface area contributed by atoms with Crippen LogP contribution in [0, 0.1) is 18.8 Å². The van der Waals surface area contributed by atoms with E-state index in [4.69, 9.17) is 0 Å². The molecular weight excluding hydrogens is 258 g/mol. The molecule has 1 aromatic heterocycles. The Morgan fingerprint density at radius 3 is 2.71 bits per heavy atom. The second-order valence-electron chi connectivity index (χ2n) is 6.31. The summed E-state index contributed by atoms with van der Waals surface area (Å²) in [5, 5.41) is 3.58. The minimum absolute atomic E-state index is 0.778. The molecule has 2 atom stereocenters. The average Bonchev–Trinajstić information content (AvgIpc) is 2.88. The fourth-order valence-electron chi connectivity index (χ4n) is 3.33. The Hall–Kier alpha value is -1.77. The van der Waals surface area contributed by atoms with Crippen LogP contribution in [0.3, 0.4) is 0 Å². The third-order valence-corrected chi connectivity index (χ3v) is 4.67. The normalized spacial score (nSPS) is 22.2. The molecule has 0 amide bonds. The van der Waals surface area contributed by atoms with Gasteiger partial charge in [-0.1, -0.05) is 44.4 Å². The number of nitrogens with one attached hydrogen (secondary N) is 1. The van der Waals surface area contributed by atoms with Crippen LogP contribution in [-0.4, -0.2) is 16.1 Å². The van der Waals surface area contributed by atoms with Crippen LogP contribution in [-0.2, 0) is 0 Å². The maximum Gasteiger partial charge on any atom is 0.207 e. The van der Waals surface area contributed by atoms with Gasteiger partial charge in [-0.05, 0) is 37.3 Å². The molecule has 1 aromatic carbocycles. The summed E-state index contributed by atoms with van der Waals surface area (Å²) in [5.74, 6) is 2.57. The van der Waals surface area contributed by atoms with E-state index >= 15 is 0 Å². The number of benzene rings is 1. The van der Waals surface area contributed by atoms with Gasteiger partial charge in [0.15, 0.2) is 0 Å². The van der Waals surface area contributed by atoms with Crippen LogP contribution >= 0.6 is 0 Å². The van der Waals surface area contributed by atoms with Crippen molar-refractivity contribution in [2.45, 2.75) is 39.5 Å². The minimum atomic E-state index is 0.778. The third-order valence-electron chi connectivity index (χ3n) is 4.67. The molecule has 1 fully saturated rings. The van der Waals surface area contributed by atoms with Crippen molar-refractivity contribution in [3.8, 4) is 5.69 Å². The van der Waals surface area contributed by atoms with E-state index in [1.165, 1.54) is 25.7 Å². The van der Waals surface area contributed by atoms with Gasteiger partial charge >= 0.3 is 0 Å². The lowest BCUT2D eigenvalue weighted by Crippen LogP contribution is -2.25. The summed E-state index contributed by atoms with van der Waals surface area (Å²) in [4.78, 5) is 4.65. The number of para-hydroxylation sites is 1. The van der Waals surface area contributed by atoms with Crippen molar-refractivity contribution in [3.05, 3.63) is 42.2 Å². The van der Waals surface area contributed by atoms with Gasteiger partial charge in [0.1, 0.15) is 0 Å². The number of hydrogen-bond acceptors (Lipinski definition) is 2. The molecular formula is C18H25N3. The number of nitrogens with zero attached hydrogens (tertiary/aromatic N) is 2. The second kappa shape index (κ2) is 6.33. The van der Waals surface area contributed by atoms with Gasteiger partial charge < -0.3 is 5.32 Å². The first-order chi connectivity index (χ1) is 10.2. The number of imidazole rings is 1. The molecule has 2 unspecified atom stereocenters. The van der Waals surface area contributed by atoms with E-state index in [1.807, 2.05) is 13.0 Å². The molecule has 0 bridgehead atoms. The molecule has 1 heterocycles. The van der Waals surface area contributed by atoms with Gasteiger partial charge in [-0.2, -0.15) is 0 Å². The predicted octanol–water partition coefficient (Wildman–Crippen LogP) is 4.42. The van der Waals surface area contributed by atoms with Gasteiger partial charge in [-0.3, -0.25) is 4.57 Å². The third kappa shape index (κ3) is 3.29. The molecule has 3 nitrogen and oxygen atoms in total. The lowest BCUT2D eigenvalue weighted by Gasteiger charge is -2.29. The molecule has 0 radical (unpaired) electrons. The summed E-state index contributed by atoms with van der Waals surface area (Å²) >= 11 is 0. The molecule has 1 saturated carbocycles. The Balaban J connectivity index is 1.74. The summed E-state index contributed by atoms with van der Waals surface area (Å²) < 4.78 is 2.16. The highest BCUT2D eigenvalue weighted by Crippen LogP contribution is 2.29. The van der Waals surface area contributed by atoms with Crippen molar-refractivity contribution in [1.29, 1.82) is 0 Å². The van der Waals surface area contributed by atoms with Crippen LogP contribution in [0.4, 0.5) is 5.95 Å². The number of aryl methyl sites for hydroxylation is 1. The zero-order valence-electron chi connectivity index (χ0n) is 13.0. The molecule has 3 rings (SSSR count). The zero-order valence-corrected chi connectivity index (χ0v) is 13.0. The Morgan fingerprint density at radius 2 is 1.95 bits per heavy atom. The predicted molar refractivity (Wildman–Crippen MR) is 87.9 cm³/mol. The van der Waals surface area contributed by atoms with Gasteiger partial charge in [0.25, 0.3) is 0 Å². The first kappa shape index (κ1) is 14.2. The van der Waals surface area contributed by atoms with Gasteiger partial charge in [0, 0.05) is 18.4 Å². The van der Waals surface area contributed by atoms with Crippen molar-refractivity contribution in [2.24, 2.45) is 11.8 Å². The first-order valence-corrected chi connectivity index (χ1v) is 8.09. The largest absolute Gasteiger partial charge is 0.355 e. The molecule has 2 aromatic rings. The highest BCUT2D eigenvalue weighted by Gasteiger charge is 2.21. The van der Waals surface area contributed by atoms with Crippen molar-refractivity contribution in [3.63, 3.8) is 0 Å². The molecule has 0 saturated heterocycles. The monoisotopic (exact) mass is 283 g/mol. The number of anilines is 1. The Morgan fingerprint density at radius 1 is 1.19 bits per heavy atom. The van der Waals surface area contributed by atoms with Gasteiger partial charge in [0.05, 0.1) is 5.69 Å². The fourth-order valence-corrected chi connectivity index (χ4v) is 3.33. The summed E-state index contributed by atoms with van der Waals surface area (Å²) in [6.45, 7) is 5.47. The maximum absolute atomic E-state index is 4.65. The number of hydrogen-bond donors (Lipinski definition) is 1. The Bertz CT molecular complexity index is 573. The summed E-state index contributed by atoms with van der Waals surface area (Å²) in [5.41, 5.74) is 2.22. The van der Waals surface area contributed by atoms with Gasteiger partial charge in [-0.25, -0.2) is 4.98 Å². The van der Waals surface area contributed by atoms with Crippen molar-refractivity contribution < 1.29 is 0 Å². The minimum Gasteiger partial charge on any atom is -0.355 e. The van der Waals surface area contributed by atoms with Crippen LogP contribution in [0.1, 0.15) is 38.3 Å². The van der Waals surface area contributed by atoms with E-state index in [0.717, 1.165) is 35.7 Å². The molecule has 1 aliphatic carbocycles. The van der Waals surface area contributed by atoms with Crippen LogP contribution in [0.5, 0.6) is 0 Å². The van der Waals surface area contributed by atoms with E-state index < -0.39 is 0 Å². The second-order valence-corrected chi connectivity index (χ2v) is 6.31. The van der Waals surface area contributed by atoms with Crippen LogP contribution in [0.15, 0.2) is 36.5 Å². The standard InChI is InChI=1S/C18H25N3/c1-14-8-6-7-9-16(14)12-19-18-20-15(2)13-21(18)17-10-4-3-5-11-17/h3-5,10-11,13-14,16H,6-9,12H2,1-2H3,(H,19,20). The molecule has 112 valence electrons. The lowest BCUT2D eigenvalue weighted by molar-refractivity contribution is 0.268. The highest BCUT2D eigenvalue weighted by atomic mass is 15.2. The smallest absolute Gasteiger partial charge is 0.207 e.